The number of pyridine rings is 1. The summed E-state index contributed by atoms with van der Waals surface area (Å²) in [4.78, 5) is 4.51. The molecular weight excluding hydrogens is 224 g/mol. The Morgan fingerprint density at radius 1 is 1.33 bits per heavy atom. The predicted molar refractivity (Wildman–Crippen MR) is 73.8 cm³/mol. The topological polar surface area (TPSA) is 34.1 Å². The number of hydrogen-bond acceptors (Lipinski definition) is 3. The fraction of sp³-hybridized carbons (Fsp3) is 0.667. The summed E-state index contributed by atoms with van der Waals surface area (Å²) in [6.07, 6.45) is 7.03. The van der Waals surface area contributed by atoms with E-state index in [1.165, 1.54) is 32.1 Å². The number of nitrogens with zero attached hydrogens (tertiary/aromatic N) is 1. The van der Waals surface area contributed by atoms with Gasteiger partial charge in [0.2, 0.25) is 0 Å². The third kappa shape index (κ3) is 3.98. The Bertz CT molecular complexity index is 373. The molecule has 0 atom stereocenters. The fourth-order valence-electron chi connectivity index (χ4n) is 2.73. The van der Waals surface area contributed by atoms with Crippen molar-refractivity contribution in [2.45, 2.75) is 45.6 Å². The summed E-state index contributed by atoms with van der Waals surface area (Å²) in [5.74, 6) is 1.85. The molecule has 0 bridgehead atoms. The largest absolute Gasteiger partial charge is 0.497 e. The average Bonchev–Trinajstić information content (AvgIpc) is 2.87. The molecule has 0 saturated heterocycles. The predicted octanol–water partition coefficient (Wildman–Crippen LogP) is 3.07. The van der Waals surface area contributed by atoms with Crippen molar-refractivity contribution in [2.24, 2.45) is 5.92 Å². The standard InChI is InChI=1S/C15H24N2O/c1-12-9-15(18-2)10-14(17-12)11-16-8-7-13-5-3-4-6-13/h9-10,13,16H,3-8,11H2,1-2H3. The molecule has 1 aliphatic rings. The molecule has 3 heteroatoms. The molecule has 0 aliphatic heterocycles. The Hall–Kier alpha value is -1.09. The van der Waals surface area contributed by atoms with E-state index in [-0.39, 0.29) is 0 Å². The first-order valence-corrected chi connectivity index (χ1v) is 7.00. The molecule has 3 nitrogen and oxygen atoms in total. The molecule has 1 heterocycles. The SMILES string of the molecule is COc1cc(C)nc(CNCCC2CCCC2)c1. The Morgan fingerprint density at radius 2 is 2.11 bits per heavy atom. The maximum atomic E-state index is 5.26. The summed E-state index contributed by atoms with van der Waals surface area (Å²) >= 11 is 0. The van der Waals surface area contributed by atoms with Crippen LogP contribution >= 0.6 is 0 Å². The molecule has 0 aromatic carbocycles. The van der Waals surface area contributed by atoms with Gasteiger partial charge in [0.1, 0.15) is 5.75 Å². The quantitative estimate of drug-likeness (QED) is 0.786. The Kier molecular flexibility index (Phi) is 5.00. The van der Waals surface area contributed by atoms with Crippen LogP contribution < -0.4 is 10.1 Å². The zero-order valence-corrected chi connectivity index (χ0v) is 11.5. The molecular formula is C15H24N2O. The van der Waals surface area contributed by atoms with Crippen molar-refractivity contribution in [3.05, 3.63) is 23.5 Å². The van der Waals surface area contributed by atoms with E-state index >= 15 is 0 Å². The average molecular weight is 248 g/mol. The smallest absolute Gasteiger partial charge is 0.122 e. The highest BCUT2D eigenvalue weighted by molar-refractivity contribution is 5.26. The first-order valence-electron chi connectivity index (χ1n) is 7.00. The van der Waals surface area contributed by atoms with E-state index in [1.54, 1.807) is 7.11 Å². The first kappa shape index (κ1) is 13.3. The number of methoxy groups -OCH3 is 1. The van der Waals surface area contributed by atoms with Crippen molar-refractivity contribution in [2.75, 3.05) is 13.7 Å². The Labute approximate surface area is 110 Å². The van der Waals surface area contributed by atoms with Crippen LogP contribution in [-0.2, 0) is 6.54 Å². The minimum absolute atomic E-state index is 0.838. The van der Waals surface area contributed by atoms with Gasteiger partial charge in [-0.25, -0.2) is 0 Å². The molecule has 0 radical (unpaired) electrons. The zero-order valence-electron chi connectivity index (χ0n) is 11.5. The molecule has 2 rings (SSSR count). The second kappa shape index (κ2) is 6.74. The number of aromatic nitrogens is 1. The molecule has 1 fully saturated rings. The van der Waals surface area contributed by atoms with Crippen LogP contribution in [0.25, 0.3) is 0 Å². The molecule has 100 valence electrons. The van der Waals surface area contributed by atoms with Crippen LogP contribution in [0, 0.1) is 12.8 Å². The third-order valence-corrected chi connectivity index (χ3v) is 3.73. The van der Waals surface area contributed by atoms with Crippen LogP contribution in [-0.4, -0.2) is 18.6 Å². The fourth-order valence-corrected chi connectivity index (χ4v) is 2.73. The molecule has 1 aromatic heterocycles. The second-order valence-corrected chi connectivity index (χ2v) is 5.26. The lowest BCUT2D eigenvalue weighted by Crippen LogP contribution is -2.18. The van der Waals surface area contributed by atoms with Gasteiger partial charge in [0.05, 0.1) is 12.8 Å². The highest BCUT2D eigenvalue weighted by Gasteiger charge is 2.13. The Morgan fingerprint density at radius 3 is 2.83 bits per heavy atom. The highest BCUT2D eigenvalue weighted by atomic mass is 16.5. The summed E-state index contributed by atoms with van der Waals surface area (Å²) in [6.45, 7) is 3.94. The van der Waals surface area contributed by atoms with Gasteiger partial charge in [-0.3, -0.25) is 4.98 Å². The number of hydrogen-bond donors (Lipinski definition) is 1. The van der Waals surface area contributed by atoms with E-state index in [4.69, 9.17) is 4.74 Å². The van der Waals surface area contributed by atoms with Gasteiger partial charge in [0.15, 0.2) is 0 Å². The molecule has 1 N–H and O–H groups in total. The monoisotopic (exact) mass is 248 g/mol. The second-order valence-electron chi connectivity index (χ2n) is 5.26. The van der Waals surface area contributed by atoms with E-state index in [0.717, 1.165) is 36.1 Å². The summed E-state index contributed by atoms with van der Waals surface area (Å²) < 4.78 is 5.26. The van der Waals surface area contributed by atoms with E-state index in [1.807, 2.05) is 19.1 Å². The van der Waals surface area contributed by atoms with E-state index in [9.17, 15) is 0 Å². The van der Waals surface area contributed by atoms with Crippen LogP contribution in [0.3, 0.4) is 0 Å². The van der Waals surface area contributed by atoms with E-state index in [0.29, 0.717) is 0 Å². The molecule has 1 aromatic rings. The molecule has 18 heavy (non-hydrogen) atoms. The lowest BCUT2D eigenvalue weighted by molar-refractivity contribution is 0.412. The summed E-state index contributed by atoms with van der Waals surface area (Å²) in [5, 5.41) is 3.49. The van der Waals surface area contributed by atoms with Gasteiger partial charge >= 0.3 is 0 Å². The van der Waals surface area contributed by atoms with Crippen LogP contribution in [0.4, 0.5) is 0 Å². The van der Waals surface area contributed by atoms with Crippen LogP contribution in [0.15, 0.2) is 12.1 Å². The van der Waals surface area contributed by atoms with Gasteiger partial charge in [-0.15, -0.1) is 0 Å². The van der Waals surface area contributed by atoms with Crippen LogP contribution in [0.1, 0.15) is 43.5 Å². The molecule has 1 saturated carbocycles. The maximum Gasteiger partial charge on any atom is 0.122 e. The van der Waals surface area contributed by atoms with Crippen molar-refractivity contribution in [3.63, 3.8) is 0 Å². The first-order chi connectivity index (χ1) is 8.78. The minimum atomic E-state index is 0.838. The van der Waals surface area contributed by atoms with Crippen molar-refractivity contribution in [1.29, 1.82) is 0 Å². The van der Waals surface area contributed by atoms with Gasteiger partial charge < -0.3 is 10.1 Å². The molecule has 0 spiro atoms. The van der Waals surface area contributed by atoms with Gasteiger partial charge in [-0.2, -0.15) is 0 Å². The molecule has 1 aliphatic carbocycles. The van der Waals surface area contributed by atoms with Gasteiger partial charge in [0.25, 0.3) is 0 Å². The summed E-state index contributed by atoms with van der Waals surface area (Å²) in [6, 6.07) is 3.97. The maximum absolute atomic E-state index is 5.26. The third-order valence-electron chi connectivity index (χ3n) is 3.73. The number of nitrogens with one attached hydrogen (secondary N) is 1. The van der Waals surface area contributed by atoms with Crippen LogP contribution in [0.5, 0.6) is 5.75 Å². The van der Waals surface area contributed by atoms with Crippen molar-refractivity contribution >= 4 is 0 Å². The van der Waals surface area contributed by atoms with Gasteiger partial charge in [-0.1, -0.05) is 25.7 Å². The van der Waals surface area contributed by atoms with E-state index < -0.39 is 0 Å². The lowest BCUT2D eigenvalue weighted by Gasteiger charge is -2.10. The van der Waals surface area contributed by atoms with Crippen molar-refractivity contribution < 1.29 is 4.74 Å². The summed E-state index contributed by atoms with van der Waals surface area (Å²) in [5.41, 5.74) is 2.08. The molecule has 0 amide bonds. The number of rotatable bonds is 6. The molecule has 0 unspecified atom stereocenters. The number of aryl methyl sites for hydroxylation is 1. The lowest BCUT2D eigenvalue weighted by atomic mass is 10.0. The van der Waals surface area contributed by atoms with Crippen molar-refractivity contribution in [1.82, 2.24) is 10.3 Å². The van der Waals surface area contributed by atoms with Crippen molar-refractivity contribution in [3.8, 4) is 5.75 Å². The zero-order chi connectivity index (χ0) is 12.8. The van der Waals surface area contributed by atoms with Gasteiger partial charge in [-0.05, 0) is 25.8 Å². The number of ether oxygens (including phenoxy) is 1. The van der Waals surface area contributed by atoms with Gasteiger partial charge in [0, 0.05) is 24.4 Å². The minimum Gasteiger partial charge on any atom is -0.497 e. The highest BCUT2D eigenvalue weighted by Crippen LogP contribution is 2.26. The normalized spacial score (nSPS) is 16.1. The summed E-state index contributed by atoms with van der Waals surface area (Å²) in [7, 11) is 1.70. The Balaban J connectivity index is 1.73. The van der Waals surface area contributed by atoms with Crippen LogP contribution in [0.2, 0.25) is 0 Å². The van der Waals surface area contributed by atoms with E-state index in [2.05, 4.69) is 10.3 Å².